The maximum atomic E-state index is 13.0. The molecule has 2 atom stereocenters. The van der Waals surface area contributed by atoms with Crippen molar-refractivity contribution in [3.8, 4) is 0 Å². The number of likely N-dealkylation sites (N-methyl/N-ethyl adjacent to an activating group) is 1. The fourth-order valence-electron chi connectivity index (χ4n) is 3.97. The molecule has 2 aliphatic heterocycles. The molecule has 0 saturated carbocycles. The number of likely N-dealkylation sites (tertiary alicyclic amines) is 2. The van der Waals surface area contributed by atoms with Crippen LogP contribution in [0, 0.1) is 6.92 Å². The summed E-state index contributed by atoms with van der Waals surface area (Å²) in [5, 5.41) is 1.11. The first-order chi connectivity index (χ1) is 10.6. The summed E-state index contributed by atoms with van der Waals surface area (Å²) in [7, 11) is 2.20. The van der Waals surface area contributed by atoms with Crippen LogP contribution in [0.4, 0.5) is 0 Å². The standard InChI is InChI=1S/C17H27N3OS/c1-4-7-15-18-12(2)16(22-15)17(21)20-11-6-9-14(20)13-8-5-10-19(13)3/h13-14H,4-11H2,1-3H3/t13-,14+/m1/s1. The van der Waals surface area contributed by atoms with Gasteiger partial charge in [0.2, 0.25) is 0 Å². The number of hydrogen-bond donors (Lipinski definition) is 0. The maximum Gasteiger partial charge on any atom is 0.266 e. The van der Waals surface area contributed by atoms with Gasteiger partial charge in [-0.15, -0.1) is 11.3 Å². The van der Waals surface area contributed by atoms with E-state index in [2.05, 4.69) is 28.8 Å². The molecule has 0 N–H and O–H groups in total. The molecule has 5 heteroatoms. The SMILES string of the molecule is CCCc1nc(C)c(C(=O)N2CCC[C@H]2[C@H]2CCCN2C)s1. The van der Waals surface area contributed by atoms with Crippen molar-refractivity contribution in [1.29, 1.82) is 0 Å². The van der Waals surface area contributed by atoms with Gasteiger partial charge in [-0.1, -0.05) is 6.92 Å². The van der Waals surface area contributed by atoms with Crippen LogP contribution in [0.25, 0.3) is 0 Å². The lowest BCUT2D eigenvalue weighted by atomic mass is 10.0. The van der Waals surface area contributed by atoms with Crippen LogP contribution in [-0.2, 0) is 6.42 Å². The zero-order valence-corrected chi connectivity index (χ0v) is 14.8. The molecule has 3 heterocycles. The van der Waals surface area contributed by atoms with Crippen LogP contribution in [-0.4, -0.2) is 52.9 Å². The summed E-state index contributed by atoms with van der Waals surface area (Å²) in [5.41, 5.74) is 0.920. The summed E-state index contributed by atoms with van der Waals surface area (Å²) < 4.78 is 0. The van der Waals surface area contributed by atoms with E-state index in [9.17, 15) is 4.79 Å². The third-order valence-electron chi connectivity index (χ3n) is 5.08. The highest BCUT2D eigenvalue weighted by atomic mass is 32.1. The molecule has 0 bridgehead atoms. The first-order valence-corrected chi connectivity index (χ1v) is 9.41. The predicted molar refractivity (Wildman–Crippen MR) is 90.6 cm³/mol. The number of carbonyl (C=O) groups excluding carboxylic acids is 1. The smallest absolute Gasteiger partial charge is 0.266 e. The van der Waals surface area contributed by atoms with Crippen molar-refractivity contribution in [3.05, 3.63) is 15.6 Å². The molecular weight excluding hydrogens is 294 g/mol. The molecule has 2 aliphatic rings. The van der Waals surface area contributed by atoms with Crippen LogP contribution in [0.3, 0.4) is 0 Å². The summed E-state index contributed by atoms with van der Waals surface area (Å²) in [6, 6.07) is 0.950. The molecule has 22 heavy (non-hydrogen) atoms. The van der Waals surface area contributed by atoms with Gasteiger partial charge in [0, 0.05) is 18.6 Å². The molecule has 0 aromatic carbocycles. The second-order valence-corrected chi connectivity index (χ2v) is 7.75. The molecule has 0 radical (unpaired) electrons. The van der Waals surface area contributed by atoms with Gasteiger partial charge in [0.1, 0.15) is 4.88 Å². The lowest BCUT2D eigenvalue weighted by molar-refractivity contribution is 0.0668. The minimum Gasteiger partial charge on any atom is -0.333 e. The van der Waals surface area contributed by atoms with E-state index in [4.69, 9.17) is 0 Å². The zero-order valence-electron chi connectivity index (χ0n) is 14.0. The topological polar surface area (TPSA) is 36.4 Å². The Labute approximate surface area is 137 Å². The molecule has 1 amide bonds. The van der Waals surface area contributed by atoms with Crippen molar-refractivity contribution in [2.24, 2.45) is 0 Å². The second-order valence-electron chi connectivity index (χ2n) is 6.67. The maximum absolute atomic E-state index is 13.0. The van der Waals surface area contributed by atoms with Crippen molar-refractivity contribution >= 4 is 17.2 Å². The number of carbonyl (C=O) groups is 1. The van der Waals surface area contributed by atoms with Gasteiger partial charge in [-0.3, -0.25) is 4.79 Å². The molecule has 0 spiro atoms. The van der Waals surface area contributed by atoms with Gasteiger partial charge in [-0.25, -0.2) is 4.98 Å². The average molecular weight is 321 g/mol. The Kier molecular flexibility index (Phi) is 4.83. The number of thiazole rings is 1. The Morgan fingerprint density at radius 3 is 2.68 bits per heavy atom. The van der Waals surface area contributed by atoms with E-state index in [0.29, 0.717) is 12.1 Å². The highest BCUT2D eigenvalue weighted by Gasteiger charge is 2.39. The largest absolute Gasteiger partial charge is 0.333 e. The minimum absolute atomic E-state index is 0.222. The fourth-order valence-corrected chi connectivity index (χ4v) is 5.09. The number of nitrogens with zero attached hydrogens (tertiary/aromatic N) is 3. The molecule has 1 aromatic heterocycles. The number of aromatic nitrogens is 1. The second kappa shape index (κ2) is 6.67. The van der Waals surface area contributed by atoms with E-state index < -0.39 is 0 Å². The van der Waals surface area contributed by atoms with Gasteiger partial charge in [-0.2, -0.15) is 0 Å². The summed E-state index contributed by atoms with van der Waals surface area (Å²) in [6.07, 6.45) is 6.85. The summed E-state index contributed by atoms with van der Waals surface area (Å²) >= 11 is 1.61. The van der Waals surface area contributed by atoms with E-state index in [0.717, 1.165) is 47.8 Å². The zero-order chi connectivity index (χ0) is 15.7. The summed E-state index contributed by atoms with van der Waals surface area (Å²) in [6.45, 7) is 6.22. The summed E-state index contributed by atoms with van der Waals surface area (Å²) in [4.78, 5) is 23.1. The molecule has 0 aliphatic carbocycles. The Hall–Kier alpha value is -0.940. The first kappa shape index (κ1) is 15.9. The van der Waals surface area contributed by atoms with Gasteiger partial charge in [0.15, 0.2) is 0 Å². The van der Waals surface area contributed by atoms with Gasteiger partial charge in [-0.05, 0) is 59.0 Å². The number of aryl methyl sites for hydroxylation is 2. The van der Waals surface area contributed by atoms with E-state index in [1.54, 1.807) is 11.3 Å². The van der Waals surface area contributed by atoms with Crippen LogP contribution >= 0.6 is 11.3 Å². The van der Waals surface area contributed by atoms with Crippen LogP contribution in [0.2, 0.25) is 0 Å². The summed E-state index contributed by atoms with van der Waals surface area (Å²) in [5.74, 6) is 0.222. The van der Waals surface area contributed by atoms with E-state index in [-0.39, 0.29) is 5.91 Å². The van der Waals surface area contributed by atoms with Crippen LogP contribution < -0.4 is 0 Å². The minimum atomic E-state index is 0.222. The Bertz CT molecular complexity index is 542. The third kappa shape index (κ3) is 2.93. The predicted octanol–water partition coefficient (Wildman–Crippen LogP) is 3.10. The van der Waals surface area contributed by atoms with Crippen molar-refractivity contribution in [1.82, 2.24) is 14.8 Å². The molecule has 1 aromatic rings. The van der Waals surface area contributed by atoms with Crippen LogP contribution in [0.15, 0.2) is 0 Å². The molecule has 122 valence electrons. The van der Waals surface area contributed by atoms with Gasteiger partial charge in [0.05, 0.1) is 10.7 Å². The van der Waals surface area contributed by atoms with Crippen LogP contribution in [0.1, 0.15) is 59.4 Å². The molecule has 0 unspecified atom stereocenters. The number of amides is 1. The lowest BCUT2D eigenvalue weighted by Crippen LogP contribution is -2.47. The lowest BCUT2D eigenvalue weighted by Gasteiger charge is -2.33. The van der Waals surface area contributed by atoms with Crippen molar-refractivity contribution < 1.29 is 4.79 Å². The van der Waals surface area contributed by atoms with Crippen LogP contribution in [0.5, 0.6) is 0 Å². The number of rotatable bonds is 4. The molecular formula is C17H27N3OS. The first-order valence-electron chi connectivity index (χ1n) is 8.59. The highest BCUT2D eigenvalue weighted by Crippen LogP contribution is 2.31. The third-order valence-corrected chi connectivity index (χ3v) is 6.29. The monoisotopic (exact) mass is 321 g/mol. The fraction of sp³-hybridized carbons (Fsp3) is 0.765. The Balaban J connectivity index is 1.78. The molecule has 2 fully saturated rings. The normalized spacial score (nSPS) is 26.0. The van der Waals surface area contributed by atoms with Crippen molar-refractivity contribution in [2.45, 2.75) is 64.5 Å². The Morgan fingerprint density at radius 2 is 2.00 bits per heavy atom. The van der Waals surface area contributed by atoms with Gasteiger partial charge >= 0.3 is 0 Å². The van der Waals surface area contributed by atoms with Gasteiger partial charge < -0.3 is 9.80 Å². The molecule has 2 saturated heterocycles. The van der Waals surface area contributed by atoms with E-state index in [1.807, 2.05) is 6.92 Å². The van der Waals surface area contributed by atoms with Crippen molar-refractivity contribution in [3.63, 3.8) is 0 Å². The molecule has 3 rings (SSSR count). The molecule has 4 nitrogen and oxygen atoms in total. The van der Waals surface area contributed by atoms with Gasteiger partial charge in [0.25, 0.3) is 5.91 Å². The number of hydrogen-bond acceptors (Lipinski definition) is 4. The average Bonchev–Trinajstić information content (AvgIpc) is 3.18. The van der Waals surface area contributed by atoms with E-state index in [1.165, 1.54) is 19.4 Å². The van der Waals surface area contributed by atoms with E-state index >= 15 is 0 Å². The quantitative estimate of drug-likeness (QED) is 0.855. The van der Waals surface area contributed by atoms with Crippen molar-refractivity contribution in [2.75, 3.05) is 20.1 Å². The highest BCUT2D eigenvalue weighted by molar-refractivity contribution is 7.13. The Morgan fingerprint density at radius 1 is 1.27 bits per heavy atom.